The SMILES string of the molecule is CNC(=O)OC(C)/C=C/c1cccc(OC)c1. The van der Waals surface area contributed by atoms with Crippen LogP contribution < -0.4 is 10.1 Å². The van der Waals surface area contributed by atoms with Crippen molar-refractivity contribution in [2.24, 2.45) is 0 Å². The highest BCUT2D eigenvalue weighted by Gasteiger charge is 2.02. The summed E-state index contributed by atoms with van der Waals surface area (Å²) in [4.78, 5) is 10.9. The monoisotopic (exact) mass is 235 g/mol. The fourth-order valence-corrected chi connectivity index (χ4v) is 1.26. The molecule has 0 saturated heterocycles. The Balaban J connectivity index is 2.60. The number of hydrogen-bond acceptors (Lipinski definition) is 3. The minimum Gasteiger partial charge on any atom is -0.497 e. The van der Waals surface area contributed by atoms with Crippen LogP contribution in [0.15, 0.2) is 30.3 Å². The predicted octanol–water partition coefficient (Wildman–Crippen LogP) is 2.45. The molecule has 0 fully saturated rings. The van der Waals surface area contributed by atoms with Gasteiger partial charge in [0.05, 0.1) is 7.11 Å². The van der Waals surface area contributed by atoms with Crippen molar-refractivity contribution < 1.29 is 14.3 Å². The molecular weight excluding hydrogens is 218 g/mol. The lowest BCUT2D eigenvalue weighted by atomic mass is 10.2. The first-order valence-corrected chi connectivity index (χ1v) is 5.36. The molecule has 0 aliphatic carbocycles. The van der Waals surface area contributed by atoms with Gasteiger partial charge in [-0.05, 0) is 30.7 Å². The Labute approximate surface area is 101 Å². The van der Waals surface area contributed by atoms with Gasteiger partial charge in [-0.2, -0.15) is 0 Å². The number of amides is 1. The summed E-state index contributed by atoms with van der Waals surface area (Å²) < 4.78 is 10.1. The van der Waals surface area contributed by atoms with E-state index >= 15 is 0 Å². The molecule has 1 rings (SSSR count). The molecule has 0 saturated carbocycles. The number of methoxy groups -OCH3 is 1. The molecule has 0 spiro atoms. The topological polar surface area (TPSA) is 47.6 Å². The smallest absolute Gasteiger partial charge is 0.407 e. The lowest BCUT2D eigenvalue weighted by molar-refractivity contribution is 0.129. The van der Waals surface area contributed by atoms with E-state index in [9.17, 15) is 4.79 Å². The van der Waals surface area contributed by atoms with Gasteiger partial charge >= 0.3 is 6.09 Å². The standard InChI is InChI=1S/C13H17NO3/c1-10(17-13(15)14-2)7-8-11-5-4-6-12(9-11)16-3/h4-10H,1-3H3,(H,14,15)/b8-7+. The van der Waals surface area contributed by atoms with Crippen LogP contribution in [0.5, 0.6) is 5.75 Å². The Bertz CT molecular complexity index is 401. The van der Waals surface area contributed by atoms with E-state index in [0.717, 1.165) is 11.3 Å². The van der Waals surface area contributed by atoms with E-state index in [1.807, 2.05) is 36.4 Å². The van der Waals surface area contributed by atoms with Gasteiger partial charge in [0, 0.05) is 7.05 Å². The zero-order valence-electron chi connectivity index (χ0n) is 10.3. The van der Waals surface area contributed by atoms with Crippen molar-refractivity contribution in [3.63, 3.8) is 0 Å². The van der Waals surface area contributed by atoms with Gasteiger partial charge in [0.25, 0.3) is 0 Å². The molecule has 0 bridgehead atoms. The molecule has 0 radical (unpaired) electrons. The van der Waals surface area contributed by atoms with Crippen LogP contribution in [0.25, 0.3) is 6.08 Å². The average Bonchev–Trinajstić information content (AvgIpc) is 2.36. The molecule has 1 amide bonds. The molecule has 1 atom stereocenters. The molecule has 1 aromatic carbocycles. The lowest BCUT2D eigenvalue weighted by Gasteiger charge is -2.08. The summed E-state index contributed by atoms with van der Waals surface area (Å²) in [7, 11) is 3.15. The number of alkyl carbamates (subject to hydrolysis) is 1. The van der Waals surface area contributed by atoms with Gasteiger partial charge in [-0.1, -0.05) is 18.2 Å². The number of rotatable bonds is 4. The molecule has 17 heavy (non-hydrogen) atoms. The molecular formula is C13H17NO3. The van der Waals surface area contributed by atoms with Gasteiger partial charge in [-0.15, -0.1) is 0 Å². The normalized spacial score (nSPS) is 12.2. The first kappa shape index (κ1) is 13.1. The largest absolute Gasteiger partial charge is 0.497 e. The van der Waals surface area contributed by atoms with Crippen molar-refractivity contribution >= 4 is 12.2 Å². The maximum atomic E-state index is 10.9. The fourth-order valence-electron chi connectivity index (χ4n) is 1.26. The van der Waals surface area contributed by atoms with Crippen molar-refractivity contribution in [2.75, 3.05) is 14.2 Å². The summed E-state index contributed by atoms with van der Waals surface area (Å²) >= 11 is 0. The van der Waals surface area contributed by atoms with Gasteiger partial charge in [0.15, 0.2) is 0 Å². The first-order valence-electron chi connectivity index (χ1n) is 5.36. The Morgan fingerprint density at radius 2 is 2.24 bits per heavy atom. The number of benzene rings is 1. The Hall–Kier alpha value is -1.97. The van der Waals surface area contributed by atoms with Gasteiger partial charge in [-0.25, -0.2) is 4.79 Å². The first-order chi connectivity index (χ1) is 8.15. The molecule has 4 heteroatoms. The summed E-state index contributed by atoms with van der Waals surface area (Å²) in [6, 6.07) is 7.64. The number of ether oxygens (including phenoxy) is 2. The van der Waals surface area contributed by atoms with E-state index in [1.165, 1.54) is 7.05 Å². The zero-order chi connectivity index (χ0) is 12.7. The highest BCUT2D eigenvalue weighted by molar-refractivity contribution is 5.67. The molecule has 0 heterocycles. The third-order valence-electron chi connectivity index (χ3n) is 2.15. The summed E-state index contributed by atoms with van der Waals surface area (Å²) in [5.74, 6) is 0.798. The molecule has 92 valence electrons. The zero-order valence-corrected chi connectivity index (χ0v) is 10.3. The van der Waals surface area contributed by atoms with Gasteiger partial charge in [-0.3, -0.25) is 0 Å². The Morgan fingerprint density at radius 1 is 1.47 bits per heavy atom. The molecule has 1 N–H and O–H groups in total. The summed E-state index contributed by atoms with van der Waals surface area (Å²) in [6.07, 6.45) is 2.98. The number of nitrogens with one attached hydrogen (secondary N) is 1. The Morgan fingerprint density at radius 3 is 2.88 bits per heavy atom. The summed E-state index contributed by atoms with van der Waals surface area (Å²) in [6.45, 7) is 1.80. The molecule has 0 aromatic heterocycles. The van der Waals surface area contributed by atoms with Crippen molar-refractivity contribution in [2.45, 2.75) is 13.0 Å². The third kappa shape index (κ3) is 4.59. The summed E-state index contributed by atoms with van der Waals surface area (Å²) in [5, 5.41) is 2.40. The molecule has 1 aromatic rings. The molecule has 0 aliphatic heterocycles. The lowest BCUT2D eigenvalue weighted by Crippen LogP contribution is -2.23. The van der Waals surface area contributed by atoms with E-state index in [4.69, 9.17) is 9.47 Å². The number of hydrogen-bond donors (Lipinski definition) is 1. The highest BCUT2D eigenvalue weighted by Crippen LogP contribution is 2.14. The van der Waals surface area contributed by atoms with Crippen LogP contribution in [0.1, 0.15) is 12.5 Å². The Kier molecular flexibility index (Phi) is 5.07. The van der Waals surface area contributed by atoms with Crippen LogP contribution in [0.4, 0.5) is 4.79 Å². The van der Waals surface area contributed by atoms with Crippen molar-refractivity contribution in [1.82, 2.24) is 5.32 Å². The van der Waals surface area contributed by atoms with E-state index < -0.39 is 6.09 Å². The van der Waals surface area contributed by atoms with Crippen LogP contribution in [-0.2, 0) is 4.74 Å². The quantitative estimate of drug-likeness (QED) is 0.872. The number of carbonyl (C=O) groups is 1. The van der Waals surface area contributed by atoms with E-state index in [1.54, 1.807) is 14.0 Å². The maximum absolute atomic E-state index is 10.9. The molecule has 1 unspecified atom stereocenters. The average molecular weight is 235 g/mol. The minimum atomic E-state index is -0.437. The van der Waals surface area contributed by atoms with Gasteiger partial charge < -0.3 is 14.8 Å². The highest BCUT2D eigenvalue weighted by atomic mass is 16.6. The van der Waals surface area contributed by atoms with Crippen LogP contribution in [0.3, 0.4) is 0 Å². The number of carbonyl (C=O) groups excluding carboxylic acids is 1. The van der Waals surface area contributed by atoms with Gasteiger partial charge in [0.2, 0.25) is 0 Å². The van der Waals surface area contributed by atoms with Crippen LogP contribution >= 0.6 is 0 Å². The molecule has 0 aliphatic rings. The molecule has 4 nitrogen and oxygen atoms in total. The summed E-state index contributed by atoms with van der Waals surface area (Å²) in [5.41, 5.74) is 0.997. The second kappa shape index (κ2) is 6.58. The van der Waals surface area contributed by atoms with Crippen molar-refractivity contribution in [3.8, 4) is 5.75 Å². The third-order valence-corrected chi connectivity index (χ3v) is 2.15. The van der Waals surface area contributed by atoms with E-state index in [-0.39, 0.29) is 6.10 Å². The van der Waals surface area contributed by atoms with Crippen molar-refractivity contribution in [1.29, 1.82) is 0 Å². The minimum absolute atomic E-state index is 0.277. The second-order valence-corrected chi connectivity index (χ2v) is 3.50. The maximum Gasteiger partial charge on any atom is 0.407 e. The van der Waals surface area contributed by atoms with E-state index in [0.29, 0.717) is 0 Å². The van der Waals surface area contributed by atoms with Crippen LogP contribution in [0, 0.1) is 0 Å². The fraction of sp³-hybridized carbons (Fsp3) is 0.308. The predicted molar refractivity (Wildman–Crippen MR) is 67.0 cm³/mol. The van der Waals surface area contributed by atoms with Crippen LogP contribution in [0.2, 0.25) is 0 Å². The second-order valence-electron chi connectivity index (χ2n) is 3.50. The van der Waals surface area contributed by atoms with Gasteiger partial charge in [0.1, 0.15) is 11.9 Å². The van der Waals surface area contributed by atoms with Crippen molar-refractivity contribution in [3.05, 3.63) is 35.9 Å². The van der Waals surface area contributed by atoms with Crippen LogP contribution in [-0.4, -0.2) is 26.4 Å². The van der Waals surface area contributed by atoms with E-state index in [2.05, 4.69) is 5.32 Å².